The number of anilines is 3. The van der Waals surface area contributed by atoms with Gasteiger partial charge in [0.05, 0.1) is 16.7 Å². The monoisotopic (exact) mass is 916 g/mol. The third-order valence-electron chi connectivity index (χ3n) is 14.2. The summed E-state index contributed by atoms with van der Waals surface area (Å²) >= 11 is 0. The molecule has 0 radical (unpaired) electrons. The highest BCUT2D eigenvalue weighted by molar-refractivity contribution is 6.16. The second-order valence-corrected chi connectivity index (χ2v) is 18.4. The van der Waals surface area contributed by atoms with Gasteiger partial charge in [0.1, 0.15) is 0 Å². The molecule has 0 amide bonds. The summed E-state index contributed by atoms with van der Waals surface area (Å²) < 4.78 is 2.40. The van der Waals surface area contributed by atoms with E-state index in [9.17, 15) is 0 Å². The Hall–Kier alpha value is -9.50. The highest BCUT2D eigenvalue weighted by atomic mass is 15.1. The molecular weight excluding hydrogens is 869 g/mol. The van der Waals surface area contributed by atoms with E-state index < -0.39 is 0 Å². The minimum absolute atomic E-state index is 1.07. The first-order chi connectivity index (χ1) is 35.7. The summed E-state index contributed by atoms with van der Waals surface area (Å²) in [6.07, 6.45) is 0. The molecule has 0 saturated carbocycles. The van der Waals surface area contributed by atoms with Crippen molar-refractivity contribution in [2.24, 2.45) is 0 Å². The molecular formula is C70H48N2. The summed E-state index contributed by atoms with van der Waals surface area (Å²) in [7, 11) is 0. The van der Waals surface area contributed by atoms with Crippen LogP contribution < -0.4 is 4.90 Å². The van der Waals surface area contributed by atoms with E-state index in [0.29, 0.717) is 0 Å². The molecule has 338 valence electrons. The van der Waals surface area contributed by atoms with E-state index >= 15 is 0 Å². The zero-order valence-corrected chi connectivity index (χ0v) is 39.6. The van der Waals surface area contributed by atoms with E-state index in [1.165, 1.54) is 82.6 Å². The van der Waals surface area contributed by atoms with Gasteiger partial charge in [0, 0.05) is 33.4 Å². The second-order valence-electron chi connectivity index (χ2n) is 18.4. The molecule has 0 N–H and O–H groups in total. The van der Waals surface area contributed by atoms with Crippen LogP contribution in [0.15, 0.2) is 291 Å². The average molecular weight is 917 g/mol. The van der Waals surface area contributed by atoms with Gasteiger partial charge < -0.3 is 9.47 Å². The molecule has 0 aliphatic carbocycles. The van der Waals surface area contributed by atoms with Crippen molar-refractivity contribution < 1.29 is 0 Å². The number of aromatic nitrogens is 1. The lowest BCUT2D eigenvalue weighted by atomic mass is 9.88. The molecule has 12 aromatic carbocycles. The number of hydrogen-bond acceptors (Lipinski definition) is 1. The Morgan fingerprint density at radius 3 is 1.49 bits per heavy atom. The van der Waals surface area contributed by atoms with E-state index in [1.807, 2.05) is 0 Å². The van der Waals surface area contributed by atoms with Crippen LogP contribution in [0.25, 0.3) is 105 Å². The molecule has 0 fully saturated rings. The van der Waals surface area contributed by atoms with Crippen molar-refractivity contribution in [1.82, 2.24) is 4.57 Å². The first-order valence-electron chi connectivity index (χ1n) is 24.8. The number of hydrogen-bond donors (Lipinski definition) is 0. The van der Waals surface area contributed by atoms with E-state index in [0.717, 1.165) is 39.4 Å². The predicted molar refractivity (Wildman–Crippen MR) is 306 cm³/mol. The van der Waals surface area contributed by atoms with Crippen molar-refractivity contribution in [3.05, 3.63) is 291 Å². The largest absolute Gasteiger partial charge is 0.310 e. The summed E-state index contributed by atoms with van der Waals surface area (Å²) in [5, 5.41) is 4.98. The van der Waals surface area contributed by atoms with Crippen molar-refractivity contribution in [2.75, 3.05) is 4.90 Å². The van der Waals surface area contributed by atoms with Crippen LogP contribution >= 0.6 is 0 Å². The third kappa shape index (κ3) is 7.63. The second kappa shape index (κ2) is 18.4. The van der Waals surface area contributed by atoms with Crippen LogP contribution in [0, 0.1) is 0 Å². The maximum absolute atomic E-state index is 2.44. The molecule has 0 aliphatic rings. The molecule has 0 aliphatic heterocycles. The van der Waals surface area contributed by atoms with Crippen molar-refractivity contribution in [1.29, 1.82) is 0 Å². The van der Waals surface area contributed by atoms with Gasteiger partial charge in [-0.1, -0.05) is 237 Å². The number of para-hydroxylation sites is 3. The van der Waals surface area contributed by atoms with Gasteiger partial charge in [0.2, 0.25) is 0 Å². The summed E-state index contributed by atoms with van der Waals surface area (Å²) in [6, 6.07) is 106. The van der Waals surface area contributed by atoms with Gasteiger partial charge in [-0.2, -0.15) is 0 Å². The Labute approximate surface area is 420 Å². The Morgan fingerprint density at radius 1 is 0.250 bits per heavy atom. The molecule has 0 spiro atoms. The van der Waals surface area contributed by atoms with Gasteiger partial charge in [-0.05, 0) is 127 Å². The maximum atomic E-state index is 2.44. The first-order valence-corrected chi connectivity index (χ1v) is 24.8. The van der Waals surface area contributed by atoms with E-state index in [4.69, 9.17) is 0 Å². The Bertz CT molecular complexity index is 4070. The van der Waals surface area contributed by atoms with Crippen LogP contribution in [0.4, 0.5) is 17.1 Å². The SMILES string of the molecule is c1ccc(-c2ccccc2-c2ccccc2-c2ccccc2N(c2ccc(-c3ccc(-c4cccc5ccccc45)cc3)cc2)c2cccc(-c3cccc4c3c3ccccc3n4-c3ccccc3)c2)cc1. The fourth-order valence-corrected chi connectivity index (χ4v) is 10.9. The lowest BCUT2D eigenvalue weighted by molar-refractivity contribution is 1.18. The summed E-state index contributed by atoms with van der Waals surface area (Å²) in [5.41, 5.74) is 21.0. The third-order valence-corrected chi connectivity index (χ3v) is 14.2. The zero-order chi connectivity index (χ0) is 47.8. The van der Waals surface area contributed by atoms with E-state index in [2.05, 4.69) is 301 Å². The molecule has 13 rings (SSSR count). The average Bonchev–Trinajstić information content (AvgIpc) is 3.81. The molecule has 0 bridgehead atoms. The van der Waals surface area contributed by atoms with Crippen LogP contribution in [0.1, 0.15) is 0 Å². The van der Waals surface area contributed by atoms with Crippen molar-refractivity contribution in [2.45, 2.75) is 0 Å². The Morgan fingerprint density at radius 2 is 0.722 bits per heavy atom. The van der Waals surface area contributed by atoms with Crippen LogP contribution in [0.3, 0.4) is 0 Å². The van der Waals surface area contributed by atoms with Crippen molar-refractivity contribution in [3.8, 4) is 72.4 Å². The Kier molecular flexibility index (Phi) is 10.9. The standard InChI is InChI=1S/C70H48N2/c1-3-20-51(21-4-1)60-29-9-10-30-62(60)63-31-11-12-32-64(63)65-33-13-15-37-67(65)71(56-46-44-50(45-47-56)49-40-42-53(43-41-49)59-35-18-23-52-22-7-8-28-58(52)59)57-27-17-24-54(48-57)61-36-19-39-69-70(61)66-34-14-16-38-68(66)72(69)55-25-5-2-6-26-55/h1-48H. The molecule has 72 heavy (non-hydrogen) atoms. The maximum Gasteiger partial charge on any atom is 0.0547 e. The molecule has 0 saturated heterocycles. The zero-order valence-electron chi connectivity index (χ0n) is 39.6. The molecule has 1 heterocycles. The van der Waals surface area contributed by atoms with E-state index in [-0.39, 0.29) is 0 Å². The van der Waals surface area contributed by atoms with Gasteiger partial charge in [-0.25, -0.2) is 0 Å². The van der Waals surface area contributed by atoms with Gasteiger partial charge in [-0.3, -0.25) is 0 Å². The van der Waals surface area contributed by atoms with Crippen LogP contribution in [-0.2, 0) is 0 Å². The number of fused-ring (bicyclic) bond motifs is 4. The van der Waals surface area contributed by atoms with E-state index in [1.54, 1.807) is 0 Å². The lowest BCUT2D eigenvalue weighted by Crippen LogP contribution is -2.11. The van der Waals surface area contributed by atoms with Crippen LogP contribution in [0.5, 0.6) is 0 Å². The minimum atomic E-state index is 1.07. The normalized spacial score (nSPS) is 11.3. The number of rotatable bonds is 10. The molecule has 0 atom stereocenters. The molecule has 0 unspecified atom stereocenters. The lowest BCUT2D eigenvalue weighted by Gasteiger charge is -2.29. The minimum Gasteiger partial charge on any atom is -0.310 e. The fourth-order valence-electron chi connectivity index (χ4n) is 10.9. The summed E-state index contributed by atoms with van der Waals surface area (Å²) in [6.45, 7) is 0. The molecule has 1 aromatic heterocycles. The van der Waals surface area contributed by atoms with Gasteiger partial charge in [-0.15, -0.1) is 0 Å². The smallest absolute Gasteiger partial charge is 0.0547 e. The first kappa shape index (κ1) is 42.6. The van der Waals surface area contributed by atoms with Gasteiger partial charge in [0.15, 0.2) is 0 Å². The molecule has 13 aromatic rings. The topological polar surface area (TPSA) is 8.17 Å². The molecule has 2 heteroatoms. The van der Waals surface area contributed by atoms with Gasteiger partial charge >= 0.3 is 0 Å². The Balaban J connectivity index is 0.963. The quantitative estimate of drug-likeness (QED) is 0.133. The van der Waals surface area contributed by atoms with Crippen LogP contribution in [-0.4, -0.2) is 4.57 Å². The van der Waals surface area contributed by atoms with Crippen LogP contribution in [0.2, 0.25) is 0 Å². The fraction of sp³-hybridized carbons (Fsp3) is 0. The molecule has 2 nitrogen and oxygen atoms in total. The van der Waals surface area contributed by atoms with Gasteiger partial charge in [0.25, 0.3) is 0 Å². The predicted octanol–water partition coefficient (Wildman–Crippen LogP) is 19.4. The summed E-state index contributed by atoms with van der Waals surface area (Å²) in [5.74, 6) is 0. The van der Waals surface area contributed by atoms with Crippen molar-refractivity contribution >= 4 is 49.6 Å². The number of nitrogens with zero attached hydrogens (tertiary/aromatic N) is 2. The van der Waals surface area contributed by atoms with Crippen molar-refractivity contribution in [3.63, 3.8) is 0 Å². The highest BCUT2D eigenvalue weighted by Gasteiger charge is 2.22. The highest BCUT2D eigenvalue weighted by Crippen LogP contribution is 2.47. The summed E-state index contributed by atoms with van der Waals surface area (Å²) in [4.78, 5) is 2.44. The number of benzene rings is 12.